The van der Waals surface area contributed by atoms with Crippen LogP contribution in [0.4, 0.5) is 0 Å². The molecule has 0 amide bonds. The van der Waals surface area contributed by atoms with Crippen LogP contribution in [0.5, 0.6) is 0 Å². The fraction of sp³-hybridized carbons (Fsp3) is 1.00. The zero-order valence-electron chi connectivity index (χ0n) is 13.3. The van der Waals surface area contributed by atoms with Crippen molar-refractivity contribution < 1.29 is 4.74 Å². The summed E-state index contributed by atoms with van der Waals surface area (Å²) in [5.41, 5.74) is 0. The Balaban J connectivity index is 2.13. The van der Waals surface area contributed by atoms with E-state index in [1.54, 1.807) is 0 Å². The molecule has 0 saturated carbocycles. The molecule has 19 heavy (non-hydrogen) atoms. The molecule has 0 bridgehead atoms. The zero-order valence-corrected chi connectivity index (χ0v) is 13.3. The fourth-order valence-corrected chi connectivity index (χ4v) is 2.82. The predicted octanol–water partition coefficient (Wildman–Crippen LogP) is 3.05. The molecule has 2 atom stereocenters. The van der Waals surface area contributed by atoms with Gasteiger partial charge < -0.3 is 15.0 Å². The molecule has 1 aliphatic heterocycles. The van der Waals surface area contributed by atoms with Crippen molar-refractivity contribution in [2.24, 2.45) is 0 Å². The van der Waals surface area contributed by atoms with Crippen molar-refractivity contribution in [2.45, 2.75) is 71.4 Å². The fourth-order valence-electron chi connectivity index (χ4n) is 2.82. The van der Waals surface area contributed by atoms with Crippen LogP contribution in [0, 0.1) is 0 Å². The van der Waals surface area contributed by atoms with Crippen LogP contribution in [0.3, 0.4) is 0 Å². The second kappa shape index (κ2) is 10.6. The maximum Gasteiger partial charge on any atom is 0.0702 e. The van der Waals surface area contributed by atoms with Gasteiger partial charge in [0, 0.05) is 19.2 Å². The van der Waals surface area contributed by atoms with E-state index in [2.05, 4.69) is 31.0 Å². The highest BCUT2D eigenvalue weighted by molar-refractivity contribution is 4.71. The summed E-state index contributed by atoms with van der Waals surface area (Å²) in [6.07, 6.45) is 8.09. The van der Waals surface area contributed by atoms with Gasteiger partial charge in [-0.1, -0.05) is 20.8 Å². The molecule has 1 heterocycles. The Kier molecular flexibility index (Phi) is 9.48. The summed E-state index contributed by atoms with van der Waals surface area (Å²) in [5, 5.41) is 3.64. The lowest BCUT2D eigenvalue weighted by atomic mass is 10.1. The van der Waals surface area contributed by atoms with Crippen LogP contribution >= 0.6 is 0 Å². The average Bonchev–Trinajstić information content (AvgIpc) is 2.94. The van der Waals surface area contributed by atoms with Gasteiger partial charge in [-0.05, 0) is 58.2 Å². The minimum absolute atomic E-state index is 0.500. The summed E-state index contributed by atoms with van der Waals surface area (Å²) in [5.74, 6) is 0. The van der Waals surface area contributed by atoms with Crippen LogP contribution < -0.4 is 5.32 Å². The largest absolute Gasteiger partial charge is 0.377 e. The second-order valence-corrected chi connectivity index (χ2v) is 5.73. The van der Waals surface area contributed by atoms with Crippen molar-refractivity contribution >= 4 is 0 Å². The maximum atomic E-state index is 5.73. The lowest BCUT2D eigenvalue weighted by molar-refractivity contribution is 0.0740. The number of ether oxygens (including phenoxy) is 1. The average molecular weight is 270 g/mol. The molecule has 1 N–H and O–H groups in total. The zero-order chi connectivity index (χ0) is 13.9. The number of hydrogen-bond donors (Lipinski definition) is 1. The summed E-state index contributed by atoms with van der Waals surface area (Å²) in [7, 11) is 0. The molecule has 0 spiro atoms. The van der Waals surface area contributed by atoms with E-state index in [0.29, 0.717) is 12.1 Å². The SMILES string of the molecule is CCCNC(CC)CCCN(CC)CC1CCCO1. The molecule has 0 aromatic rings. The second-order valence-electron chi connectivity index (χ2n) is 5.73. The molecule has 0 aromatic carbocycles. The standard InChI is InChI=1S/C16H34N2O/c1-4-11-17-15(5-2)9-7-12-18(6-3)14-16-10-8-13-19-16/h15-17H,4-14H2,1-3H3. The van der Waals surface area contributed by atoms with E-state index in [9.17, 15) is 0 Å². The van der Waals surface area contributed by atoms with E-state index in [-0.39, 0.29) is 0 Å². The normalized spacial score (nSPS) is 21.2. The molecule has 0 radical (unpaired) electrons. The predicted molar refractivity (Wildman–Crippen MR) is 82.7 cm³/mol. The number of rotatable bonds is 11. The summed E-state index contributed by atoms with van der Waals surface area (Å²) in [6.45, 7) is 12.4. The van der Waals surface area contributed by atoms with Gasteiger partial charge in [-0.3, -0.25) is 0 Å². The molecule has 0 aromatic heterocycles. The van der Waals surface area contributed by atoms with Gasteiger partial charge >= 0.3 is 0 Å². The Bertz CT molecular complexity index is 205. The van der Waals surface area contributed by atoms with Gasteiger partial charge in [0.15, 0.2) is 0 Å². The van der Waals surface area contributed by atoms with Gasteiger partial charge in [0.05, 0.1) is 6.10 Å². The third-order valence-corrected chi connectivity index (χ3v) is 4.14. The first kappa shape index (κ1) is 16.9. The first-order valence-corrected chi connectivity index (χ1v) is 8.37. The van der Waals surface area contributed by atoms with Crippen molar-refractivity contribution in [3.05, 3.63) is 0 Å². The Labute approximate surface area is 120 Å². The van der Waals surface area contributed by atoms with Crippen molar-refractivity contribution in [3.63, 3.8) is 0 Å². The van der Waals surface area contributed by atoms with Crippen molar-refractivity contribution in [1.29, 1.82) is 0 Å². The summed E-state index contributed by atoms with van der Waals surface area (Å²) in [4.78, 5) is 2.56. The van der Waals surface area contributed by atoms with E-state index in [1.807, 2.05) is 0 Å². The summed E-state index contributed by atoms with van der Waals surface area (Å²) >= 11 is 0. The van der Waals surface area contributed by atoms with Crippen LogP contribution in [0.25, 0.3) is 0 Å². The van der Waals surface area contributed by atoms with Gasteiger partial charge in [0.25, 0.3) is 0 Å². The molecule has 1 rings (SSSR count). The van der Waals surface area contributed by atoms with Gasteiger partial charge in [0.2, 0.25) is 0 Å². The lowest BCUT2D eigenvalue weighted by Gasteiger charge is -2.24. The summed E-state index contributed by atoms with van der Waals surface area (Å²) < 4.78 is 5.73. The van der Waals surface area contributed by atoms with Gasteiger partial charge in [-0.25, -0.2) is 0 Å². The first-order chi connectivity index (χ1) is 9.30. The van der Waals surface area contributed by atoms with Crippen LogP contribution in [-0.4, -0.2) is 49.8 Å². The number of nitrogens with zero attached hydrogens (tertiary/aromatic N) is 1. The molecule has 2 unspecified atom stereocenters. The highest BCUT2D eigenvalue weighted by Crippen LogP contribution is 2.14. The minimum atomic E-state index is 0.500. The molecule has 1 fully saturated rings. The third kappa shape index (κ3) is 7.28. The third-order valence-electron chi connectivity index (χ3n) is 4.14. The first-order valence-electron chi connectivity index (χ1n) is 8.37. The Morgan fingerprint density at radius 2 is 2.16 bits per heavy atom. The minimum Gasteiger partial charge on any atom is -0.377 e. The van der Waals surface area contributed by atoms with Crippen molar-refractivity contribution in [1.82, 2.24) is 10.2 Å². The molecule has 114 valence electrons. The molecule has 1 saturated heterocycles. The van der Waals surface area contributed by atoms with Crippen LogP contribution in [0.2, 0.25) is 0 Å². The topological polar surface area (TPSA) is 24.5 Å². The van der Waals surface area contributed by atoms with E-state index >= 15 is 0 Å². The molecular weight excluding hydrogens is 236 g/mol. The molecule has 0 aliphatic carbocycles. The molecule has 1 aliphatic rings. The number of nitrogens with one attached hydrogen (secondary N) is 1. The van der Waals surface area contributed by atoms with Gasteiger partial charge in [-0.2, -0.15) is 0 Å². The van der Waals surface area contributed by atoms with E-state index in [1.165, 1.54) is 45.1 Å². The smallest absolute Gasteiger partial charge is 0.0702 e. The van der Waals surface area contributed by atoms with Crippen LogP contribution in [-0.2, 0) is 4.74 Å². The van der Waals surface area contributed by atoms with E-state index in [0.717, 1.165) is 26.2 Å². The quantitative estimate of drug-likeness (QED) is 0.624. The van der Waals surface area contributed by atoms with Gasteiger partial charge in [-0.15, -0.1) is 0 Å². The monoisotopic (exact) mass is 270 g/mol. The molecule has 3 nitrogen and oxygen atoms in total. The van der Waals surface area contributed by atoms with Gasteiger partial charge in [0.1, 0.15) is 0 Å². The highest BCUT2D eigenvalue weighted by Gasteiger charge is 2.18. The van der Waals surface area contributed by atoms with E-state index < -0.39 is 0 Å². The Morgan fingerprint density at radius 1 is 1.32 bits per heavy atom. The number of hydrogen-bond acceptors (Lipinski definition) is 3. The van der Waals surface area contributed by atoms with Crippen LogP contribution in [0.1, 0.15) is 59.3 Å². The number of likely N-dealkylation sites (N-methyl/N-ethyl adjacent to an activating group) is 1. The Morgan fingerprint density at radius 3 is 2.74 bits per heavy atom. The highest BCUT2D eigenvalue weighted by atomic mass is 16.5. The maximum absolute atomic E-state index is 5.73. The van der Waals surface area contributed by atoms with Crippen molar-refractivity contribution in [3.8, 4) is 0 Å². The van der Waals surface area contributed by atoms with Crippen molar-refractivity contribution in [2.75, 3.05) is 32.8 Å². The summed E-state index contributed by atoms with van der Waals surface area (Å²) in [6, 6.07) is 0.710. The molecule has 3 heteroatoms. The Hall–Kier alpha value is -0.120. The molecular formula is C16H34N2O. The van der Waals surface area contributed by atoms with E-state index in [4.69, 9.17) is 4.74 Å². The van der Waals surface area contributed by atoms with Crippen LogP contribution in [0.15, 0.2) is 0 Å². The lowest BCUT2D eigenvalue weighted by Crippen LogP contribution is -2.34.